The zero-order valence-corrected chi connectivity index (χ0v) is 16.3. The highest BCUT2D eigenvalue weighted by Gasteiger charge is 2.57. The van der Waals surface area contributed by atoms with Crippen LogP contribution in [0.3, 0.4) is 0 Å². The SMILES string of the molecule is Cc1c(-c2cccs2)n(CC(F)(F)C(F)(F)F)c2ccc3[nH]c(=O)cc(Cl)c3c12. The van der Waals surface area contributed by atoms with Crippen LogP contribution in [0.5, 0.6) is 0 Å². The fourth-order valence-corrected chi connectivity index (χ4v) is 4.66. The molecular formula is C19H12ClF5N2OS. The van der Waals surface area contributed by atoms with Crippen LogP contribution in [0.2, 0.25) is 5.02 Å². The molecule has 10 heteroatoms. The van der Waals surface area contributed by atoms with Crippen molar-refractivity contribution in [3.8, 4) is 10.6 Å². The van der Waals surface area contributed by atoms with Crippen LogP contribution in [0, 0.1) is 6.92 Å². The molecule has 0 atom stereocenters. The van der Waals surface area contributed by atoms with E-state index in [9.17, 15) is 26.7 Å². The Morgan fingerprint density at radius 3 is 2.48 bits per heavy atom. The van der Waals surface area contributed by atoms with Gasteiger partial charge < -0.3 is 9.55 Å². The minimum Gasteiger partial charge on any atom is -0.333 e. The number of fused-ring (bicyclic) bond motifs is 3. The molecule has 3 heterocycles. The number of aromatic amines is 1. The van der Waals surface area contributed by atoms with Gasteiger partial charge in [-0.1, -0.05) is 17.7 Å². The minimum absolute atomic E-state index is 0.0925. The number of pyridine rings is 1. The van der Waals surface area contributed by atoms with Crippen LogP contribution in [-0.4, -0.2) is 21.6 Å². The molecule has 0 fully saturated rings. The van der Waals surface area contributed by atoms with Gasteiger partial charge in [-0.25, -0.2) is 0 Å². The maximum absolute atomic E-state index is 14.0. The van der Waals surface area contributed by atoms with Gasteiger partial charge in [0, 0.05) is 22.4 Å². The van der Waals surface area contributed by atoms with Gasteiger partial charge in [-0.05, 0) is 36.1 Å². The first kappa shape index (κ1) is 19.9. The van der Waals surface area contributed by atoms with Crippen LogP contribution < -0.4 is 5.56 Å². The quantitative estimate of drug-likeness (QED) is 0.365. The van der Waals surface area contributed by atoms with E-state index in [-0.39, 0.29) is 16.2 Å². The largest absolute Gasteiger partial charge is 0.455 e. The zero-order valence-electron chi connectivity index (χ0n) is 14.7. The minimum atomic E-state index is -5.69. The molecule has 0 aliphatic heterocycles. The lowest BCUT2D eigenvalue weighted by Crippen LogP contribution is -2.40. The predicted octanol–water partition coefficient (Wildman–Crippen LogP) is 6.37. The molecule has 4 rings (SSSR count). The van der Waals surface area contributed by atoms with E-state index in [0.717, 1.165) is 10.6 Å². The number of halogens is 6. The summed E-state index contributed by atoms with van der Waals surface area (Å²) >= 11 is 7.48. The highest BCUT2D eigenvalue weighted by Crippen LogP contribution is 2.44. The van der Waals surface area contributed by atoms with E-state index >= 15 is 0 Å². The average molecular weight is 447 g/mol. The second-order valence-corrected chi connectivity index (χ2v) is 7.96. The second kappa shape index (κ2) is 6.56. The van der Waals surface area contributed by atoms with Crippen molar-refractivity contribution in [2.45, 2.75) is 25.6 Å². The van der Waals surface area contributed by atoms with E-state index in [0.29, 0.717) is 26.7 Å². The zero-order chi connectivity index (χ0) is 21.1. The number of nitrogens with zero attached hydrogens (tertiary/aromatic N) is 1. The third-order valence-electron chi connectivity index (χ3n) is 4.75. The van der Waals surface area contributed by atoms with Gasteiger partial charge in [0.15, 0.2) is 0 Å². The first-order valence-corrected chi connectivity index (χ1v) is 9.60. The fraction of sp³-hybridized carbons (Fsp3) is 0.211. The smallest absolute Gasteiger partial charge is 0.333 e. The molecule has 0 saturated carbocycles. The highest BCUT2D eigenvalue weighted by atomic mass is 35.5. The van der Waals surface area contributed by atoms with Gasteiger partial charge in [-0.2, -0.15) is 22.0 Å². The molecule has 0 amide bonds. The van der Waals surface area contributed by atoms with Gasteiger partial charge in [0.25, 0.3) is 0 Å². The number of H-pyrrole nitrogens is 1. The summed E-state index contributed by atoms with van der Waals surface area (Å²) in [4.78, 5) is 14.9. The van der Waals surface area contributed by atoms with Gasteiger partial charge in [-0.15, -0.1) is 11.3 Å². The Bertz CT molecular complexity index is 1290. The Morgan fingerprint density at radius 1 is 1.14 bits per heavy atom. The van der Waals surface area contributed by atoms with E-state index in [1.807, 2.05) is 0 Å². The topological polar surface area (TPSA) is 37.8 Å². The lowest BCUT2D eigenvalue weighted by Gasteiger charge is -2.22. The summed E-state index contributed by atoms with van der Waals surface area (Å²) in [5, 5.41) is 2.62. The van der Waals surface area contributed by atoms with Crippen LogP contribution in [0.15, 0.2) is 40.5 Å². The lowest BCUT2D eigenvalue weighted by atomic mass is 10.1. The molecule has 0 aliphatic carbocycles. The monoisotopic (exact) mass is 446 g/mol. The van der Waals surface area contributed by atoms with Crippen LogP contribution in [0.1, 0.15) is 5.56 Å². The molecular weight excluding hydrogens is 435 g/mol. The molecule has 0 saturated heterocycles. The molecule has 0 aliphatic rings. The molecule has 3 nitrogen and oxygen atoms in total. The van der Waals surface area contributed by atoms with Crippen LogP contribution in [0.25, 0.3) is 32.4 Å². The molecule has 1 N–H and O–H groups in total. The maximum Gasteiger partial charge on any atom is 0.455 e. The Kier molecular flexibility index (Phi) is 4.51. The van der Waals surface area contributed by atoms with E-state index < -0.39 is 24.2 Å². The number of hydrogen-bond acceptors (Lipinski definition) is 2. The standard InChI is InChI=1S/C19H12ClF5N2OS/c1-9-15-12(5-4-11-16(15)10(20)7-14(28)26-11)27(8-18(21,22)19(23,24)25)17(9)13-3-2-6-29-13/h2-7H,8H2,1H3,(H,26,28). The molecule has 0 spiro atoms. The van der Waals surface area contributed by atoms with Crippen molar-refractivity contribution in [3.63, 3.8) is 0 Å². The molecule has 1 aromatic carbocycles. The number of benzene rings is 1. The van der Waals surface area contributed by atoms with Crippen molar-refractivity contribution in [1.82, 2.24) is 9.55 Å². The Morgan fingerprint density at radius 2 is 1.86 bits per heavy atom. The molecule has 0 bridgehead atoms. The van der Waals surface area contributed by atoms with Gasteiger partial charge in [-0.3, -0.25) is 4.79 Å². The average Bonchev–Trinajstić information content (AvgIpc) is 3.20. The Balaban J connectivity index is 2.12. The summed E-state index contributed by atoms with van der Waals surface area (Å²) < 4.78 is 67.8. The van der Waals surface area contributed by atoms with Crippen molar-refractivity contribution in [2.75, 3.05) is 0 Å². The first-order valence-electron chi connectivity index (χ1n) is 8.34. The van der Waals surface area contributed by atoms with Gasteiger partial charge in [0.05, 0.1) is 27.7 Å². The summed E-state index contributed by atoms with van der Waals surface area (Å²) in [6.45, 7) is 0.0705. The van der Waals surface area contributed by atoms with Crippen LogP contribution >= 0.6 is 22.9 Å². The normalized spacial score (nSPS) is 12.9. The number of aryl methyl sites for hydroxylation is 1. The van der Waals surface area contributed by atoms with Crippen LogP contribution in [0.4, 0.5) is 22.0 Å². The third kappa shape index (κ3) is 3.12. The molecule has 152 valence electrons. The molecule has 29 heavy (non-hydrogen) atoms. The van der Waals surface area contributed by atoms with E-state index in [4.69, 9.17) is 11.6 Å². The van der Waals surface area contributed by atoms with Gasteiger partial charge >= 0.3 is 12.1 Å². The molecule has 4 aromatic rings. The van der Waals surface area contributed by atoms with E-state index in [1.54, 1.807) is 24.4 Å². The number of thiophene rings is 1. The summed E-state index contributed by atoms with van der Waals surface area (Å²) in [6, 6.07) is 7.35. The number of aromatic nitrogens is 2. The number of hydrogen-bond donors (Lipinski definition) is 1. The van der Waals surface area contributed by atoms with E-state index in [1.165, 1.54) is 23.5 Å². The summed E-state index contributed by atoms with van der Waals surface area (Å²) in [5.74, 6) is -4.93. The van der Waals surface area contributed by atoms with Crippen molar-refractivity contribution < 1.29 is 22.0 Å². The molecule has 3 aromatic heterocycles. The summed E-state index contributed by atoms with van der Waals surface area (Å²) in [5.41, 5.74) is 0.863. The molecule has 0 radical (unpaired) electrons. The fourth-order valence-electron chi connectivity index (χ4n) is 3.53. The first-order chi connectivity index (χ1) is 13.5. The second-order valence-electron chi connectivity index (χ2n) is 6.60. The predicted molar refractivity (Wildman–Crippen MR) is 104 cm³/mol. The van der Waals surface area contributed by atoms with Crippen molar-refractivity contribution in [1.29, 1.82) is 0 Å². The lowest BCUT2D eigenvalue weighted by molar-refractivity contribution is -0.286. The van der Waals surface area contributed by atoms with Crippen LogP contribution in [-0.2, 0) is 6.54 Å². The number of rotatable bonds is 3. The number of alkyl halides is 5. The number of nitrogens with one attached hydrogen (secondary N) is 1. The Hall–Kier alpha value is -2.39. The third-order valence-corrected chi connectivity index (χ3v) is 5.93. The van der Waals surface area contributed by atoms with Crippen molar-refractivity contribution >= 4 is 44.7 Å². The highest BCUT2D eigenvalue weighted by molar-refractivity contribution is 7.13. The van der Waals surface area contributed by atoms with Crippen molar-refractivity contribution in [3.05, 3.63) is 56.7 Å². The Labute approximate surface area is 169 Å². The maximum atomic E-state index is 14.0. The summed E-state index contributed by atoms with van der Waals surface area (Å²) in [7, 11) is 0. The molecule has 0 unspecified atom stereocenters. The summed E-state index contributed by atoms with van der Waals surface area (Å²) in [6.07, 6.45) is -5.69. The van der Waals surface area contributed by atoms with E-state index in [2.05, 4.69) is 4.98 Å². The van der Waals surface area contributed by atoms with Gasteiger partial charge in [0.2, 0.25) is 5.56 Å². The van der Waals surface area contributed by atoms with Gasteiger partial charge in [0.1, 0.15) is 0 Å². The van der Waals surface area contributed by atoms with Crippen molar-refractivity contribution in [2.24, 2.45) is 0 Å².